The summed E-state index contributed by atoms with van der Waals surface area (Å²) in [5, 5.41) is 3.22. The Morgan fingerprint density at radius 2 is 2.00 bits per heavy atom. The van der Waals surface area contributed by atoms with Gasteiger partial charge in [-0.25, -0.2) is 9.37 Å². The van der Waals surface area contributed by atoms with E-state index in [1.165, 1.54) is 11.3 Å². The van der Waals surface area contributed by atoms with E-state index in [4.69, 9.17) is 0 Å². The largest absolute Gasteiger partial charge is 0.255 e. The SMILES string of the molecule is CC(C)c1csc(-c2cnc3ccccc3c2F)n1. The molecule has 2 aromatic heterocycles. The molecule has 0 saturated carbocycles. The molecule has 0 fully saturated rings. The average molecular weight is 272 g/mol. The van der Waals surface area contributed by atoms with Crippen LogP contribution in [-0.2, 0) is 0 Å². The maximum Gasteiger partial charge on any atom is 0.144 e. The van der Waals surface area contributed by atoms with Crippen molar-refractivity contribution in [3.05, 3.63) is 47.4 Å². The Labute approximate surface area is 115 Å². The Morgan fingerprint density at radius 1 is 1.21 bits per heavy atom. The van der Waals surface area contributed by atoms with Crippen molar-refractivity contribution in [2.24, 2.45) is 0 Å². The number of thiazole rings is 1. The number of pyridine rings is 1. The third kappa shape index (κ3) is 2.12. The number of rotatable bonds is 2. The molecule has 0 amide bonds. The summed E-state index contributed by atoms with van der Waals surface area (Å²) in [7, 11) is 0. The highest BCUT2D eigenvalue weighted by Crippen LogP contribution is 2.31. The van der Waals surface area contributed by atoms with E-state index in [-0.39, 0.29) is 5.82 Å². The summed E-state index contributed by atoms with van der Waals surface area (Å²) < 4.78 is 14.5. The second-order valence-corrected chi connectivity index (χ2v) is 5.59. The first kappa shape index (κ1) is 12.2. The van der Waals surface area contributed by atoms with Crippen molar-refractivity contribution < 1.29 is 4.39 Å². The summed E-state index contributed by atoms with van der Waals surface area (Å²) in [4.78, 5) is 8.79. The topological polar surface area (TPSA) is 25.8 Å². The number of hydrogen-bond acceptors (Lipinski definition) is 3. The minimum Gasteiger partial charge on any atom is -0.255 e. The molecule has 0 bridgehead atoms. The molecule has 0 unspecified atom stereocenters. The summed E-state index contributed by atoms with van der Waals surface area (Å²) in [6.45, 7) is 4.15. The van der Waals surface area contributed by atoms with Gasteiger partial charge in [0.05, 0.1) is 16.8 Å². The van der Waals surface area contributed by atoms with Crippen LogP contribution in [-0.4, -0.2) is 9.97 Å². The van der Waals surface area contributed by atoms with Gasteiger partial charge in [-0.2, -0.15) is 0 Å². The van der Waals surface area contributed by atoms with Gasteiger partial charge in [-0.3, -0.25) is 4.98 Å². The summed E-state index contributed by atoms with van der Waals surface area (Å²) in [6.07, 6.45) is 1.57. The van der Waals surface area contributed by atoms with Gasteiger partial charge in [0, 0.05) is 17.0 Å². The van der Waals surface area contributed by atoms with Crippen LogP contribution in [0, 0.1) is 5.82 Å². The zero-order valence-corrected chi connectivity index (χ0v) is 11.5. The summed E-state index contributed by atoms with van der Waals surface area (Å²) in [5.41, 5.74) is 2.15. The lowest BCUT2D eigenvalue weighted by Gasteiger charge is -2.03. The van der Waals surface area contributed by atoms with E-state index in [0.29, 0.717) is 27.4 Å². The van der Waals surface area contributed by atoms with Gasteiger partial charge >= 0.3 is 0 Å². The summed E-state index contributed by atoms with van der Waals surface area (Å²) in [5.74, 6) is 0.108. The third-order valence-electron chi connectivity index (χ3n) is 3.05. The molecule has 0 radical (unpaired) electrons. The Morgan fingerprint density at radius 3 is 2.74 bits per heavy atom. The van der Waals surface area contributed by atoms with E-state index in [1.54, 1.807) is 12.3 Å². The van der Waals surface area contributed by atoms with E-state index in [2.05, 4.69) is 23.8 Å². The molecule has 0 aliphatic carbocycles. The molecule has 0 aliphatic heterocycles. The van der Waals surface area contributed by atoms with Crippen LogP contribution in [0.2, 0.25) is 0 Å². The molecule has 3 rings (SSSR count). The van der Waals surface area contributed by atoms with Gasteiger partial charge in [-0.15, -0.1) is 11.3 Å². The third-order valence-corrected chi connectivity index (χ3v) is 3.95. The van der Waals surface area contributed by atoms with Gasteiger partial charge in [0.1, 0.15) is 10.8 Å². The van der Waals surface area contributed by atoms with Gasteiger partial charge in [-0.05, 0) is 18.1 Å². The van der Waals surface area contributed by atoms with E-state index in [9.17, 15) is 4.39 Å². The zero-order valence-electron chi connectivity index (χ0n) is 10.7. The lowest BCUT2D eigenvalue weighted by molar-refractivity contribution is 0.641. The van der Waals surface area contributed by atoms with Crippen molar-refractivity contribution in [2.45, 2.75) is 19.8 Å². The van der Waals surface area contributed by atoms with Crippen molar-refractivity contribution >= 4 is 22.2 Å². The van der Waals surface area contributed by atoms with Crippen molar-refractivity contribution in [1.29, 1.82) is 0 Å². The molecule has 96 valence electrons. The molecule has 19 heavy (non-hydrogen) atoms. The second-order valence-electron chi connectivity index (χ2n) is 4.74. The van der Waals surface area contributed by atoms with Crippen molar-refractivity contribution in [3.63, 3.8) is 0 Å². The van der Waals surface area contributed by atoms with E-state index >= 15 is 0 Å². The number of halogens is 1. The van der Waals surface area contributed by atoms with Gasteiger partial charge in [0.2, 0.25) is 0 Å². The van der Waals surface area contributed by atoms with Crippen molar-refractivity contribution in [2.75, 3.05) is 0 Å². The molecular formula is C15H13FN2S. The van der Waals surface area contributed by atoms with Crippen LogP contribution in [0.4, 0.5) is 4.39 Å². The Bertz CT molecular complexity index is 734. The van der Waals surface area contributed by atoms with E-state index < -0.39 is 0 Å². The minimum absolute atomic E-state index is 0.241. The first-order valence-electron chi connectivity index (χ1n) is 6.16. The van der Waals surface area contributed by atoms with Crippen LogP contribution in [0.1, 0.15) is 25.5 Å². The molecule has 0 aliphatic rings. The molecule has 3 aromatic rings. The predicted octanol–water partition coefficient (Wildman–Crippen LogP) is 4.62. The van der Waals surface area contributed by atoms with E-state index in [1.807, 2.05) is 23.6 Å². The number of nitrogens with zero attached hydrogens (tertiary/aromatic N) is 2. The van der Waals surface area contributed by atoms with Gasteiger partial charge in [0.25, 0.3) is 0 Å². The molecular weight excluding hydrogens is 259 g/mol. The highest BCUT2D eigenvalue weighted by Gasteiger charge is 2.14. The second kappa shape index (κ2) is 4.70. The number of aromatic nitrogens is 2. The lowest BCUT2D eigenvalue weighted by Crippen LogP contribution is -1.91. The highest BCUT2D eigenvalue weighted by molar-refractivity contribution is 7.13. The molecule has 0 saturated heterocycles. The van der Waals surface area contributed by atoms with Crippen LogP contribution in [0.5, 0.6) is 0 Å². The quantitative estimate of drug-likeness (QED) is 0.680. The number of fused-ring (bicyclic) bond motifs is 1. The highest BCUT2D eigenvalue weighted by atomic mass is 32.1. The molecule has 4 heteroatoms. The first-order chi connectivity index (χ1) is 9.16. The van der Waals surface area contributed by atoms with Crippen LogP contribution in [0.3, 0.4) is 0 Å². The average Bonchev–Trinajstić information content (AvgIpc) is 2.89. The number of benzene rings is 1. The maximum atomic E-state index is 14.5. The fourth-order valence-corrected chi connectivity index (χ4v) is 2.92. The Hall–Kier alpha value is -1.81. The van der Waals surface area contributed by atoms with E-state index in [0.717, 1.165) is 5.69 Å². The van der Waals surface area contributed by atoms with Gasteiger partial charge in [-0.1, -0.05) is 26.0 Å². The van der Waals surface area contributed by atoms with Crippen molar-refractivity contribution in [3.8, 4) is 10.6 Å². The molecule has 0 atom stereocenters. The molecule has 2 nitrogen and oxygen atoms in total. The smallest absolute Gasteiger partial charge is 0.144 e. The predicted molar refractivity (Wildman–Crippen MR) is 76.9 cm³/mol. The molecule has 2 heterocycles. The van der Waals surface area contributed by atoms with Crippen LogP contribution >= 0.6 is 11.3 Å². The standard InChI is InChI=1S/C15H13FN2S/c1-9(2)13-8-19-15(18-13)11-7-17-12-6-4-3-5-10(12)14(11)16/h3-9H,1-2H3. The summed E-state index contributed by atoms with van der Waals surface area (Å²) >= 11 is 1.46. The summed E-state index contributed by atoms with van der Waals surface area (Å²) in [6, 6.07) is 7.23. The van der Waals surface area contributed by atoms with Crippen LogP contribution in [0.15, 0.2) is 35.8 Å². The van der Waals surface area contributed by atoms with Crippen molar-refractivity contribution in [1.82, 2.24) is 9.97 Å². The van der Waals surface area contributed by atoms with Crippen LogP contribution in [0.25, 0.3) is 21.5 Å². The fourth-order valence-electron chi connectivity index (χ4n) is 1.93. The zero-order chi connectivity index (χ0) is 13.4. The lowest BCUT2D eigenvalue weighted by atomic mass is 10.1. The monoisotopic (exact) mass is 272 g/mol. The fraction of sp³-hybridized carbons (Fsp3) is 0.200. The van der Waals surface area contributed by atoms with Gasteiger partial charge < -0.3 is 0 Å². The number of hydrogen-bond donors (Lipinski definition) is 0. The molecule has 1 aromatic carbocycles. The molecule has 0 spiro atoms. The maximum absolute atomic E-state index is 14.5. The van der Waals surface area contributed by atoms with Crippen LogP contribution < -0.4 is 0 Å². The number of para-hydroxylation sites is 1. The minimum atomic E-state index is -0.241. The normalized spacial score (nSPS) is 11.4. The van der Waals surface area contributed by atoms with Gasteiger partial charge in [0.15, 0.2) is 0 Å². The Balaban J connectivity index is 2.16. The first-order valence-corrected chi connectivity index (χ1v) is 7.04. The Kier molecular flexibility index (Phi) is 3.03. The molecule has 0 N–H and O–H groups in total.